The van der Waals surface area contributed by atoms with Gasteiger partial charge in [0, 0.05) is 4.90 Å². The highest BCUT2D eigenvalue weighted by Crippen LogP contribution is 2.15. The van der Waals surface area contributed by atoms with Crippen LogP contribution in [0.5, 0.6) is 0 Å². The molecule has 0 fully saturated rings. The third-order valence-electron chi connectivity index (χ3n) is 3.40. The Bertz CT molecular complexity index is 322. The Morgan fingerprint density at radius 3 is 2.39 bits per heavy atom. The predicted octanol–water partition coefficient (Wildman–Crippen LogP) is 2.77. The Morgan fingerprint density at radius 1 is 1.22 bits per heavy atom. The third kappa shape index (κ3) is 5.42. The van der Waals surface area contributed by atoms with E-state index in [9.17, 15) is 0 Å². The Morgan fingerprint density at radius 2 is 1.89 bits per heavy atom. The van der Waals surface area contributed by atoms with Crippen LogP contribution in [0.4, 0.5) is 0 Å². The molecule has 0 aliphatic heterocycles. The zero-order valence-electron chi connectivity index (χ0n) is 11.8. The lowest BCUT2D eigenvalue weighted by Crippen LogP contribution is -2.32. The highest BCUT2D eigenvalue weighted by atomic mass is 32.2. The molecular formula is C15H26N2S. The molecule has 1 aromatic carbocycles. The highest BCUT2D eigenvalue weighted by molar-refractivity contribution is 7.98. The first-order valence-electron chi connectivity index (χ1n) is 6.71. The first kappa shape index (κ1) is 15.5. The summed E-state index contributed by atoms with van der Waals surface area (Å²) in [4.78, 5) is 1.33. The van der Waals surface area contributed by atoms with E-state index in [1.807, 2.05) is 0 Å². The van der Waals surface area contributed by atoms with Gasteiger partial charge in [-0.05, 0) is 61.8 Å². The van der Waals surface area contributed by atoms with Gasteiger partial charge in [0.25, 0.3) is 0 Å². The SMILES string of the molecule is CSc1ccc(CCNCC(CN)C(C)C)cc1. The molecule has 3 heteroatoms. The van der Waals surface area contributed by atoms with Gasteiger partial charge in [-0.1, -0.05) is 26.0 Å². The van der Waals surface area contributed by atoms with Gasteiger partial charge in [0.05, 0.1) is 0 Å². The van der Waals surface area contributed by atoms with E-state index in [0.717, 1.165) is 26.1 Å². The Labute approximate surface area is 116 Å². The van der Waals surface area contributed by atoms with Gasteiger partial charge < -0.3 is 11.1 Å². The summed E-state index contributed by atoms with van der Waals surface area (Å²) < 4.78 is 0. The molecule has 3 N–H and O–H groups in total. The molecule has 1 unspecified atom stereocenters. The monoisotopic (exact) mass is 266 g/mol. The second-order valence-corrected chi connectivity index (χ2v) is 5.92. The lowest BCUT2D eigenvalue weighted by molar-refractivity contribution is 0.372. The largest absolute Gasteiger partial charge is 0.330 e. The van der Waals surface area contributed by atoms with Crippen LogP contribution in [-0.4, -0.2) is 25.9 Å². The first-order valence-corrected chi connectivity index (χ1v) is 7.93. The van der Waals surface area contributed by atoms with Gasteiger partial charge in [0.1, 0.15) is 0 Å². The van der Waals surface area contributed by atoms with Crippen LogP contribution in [-0.2, 0) is 6.42 Å². The van der Waals surface area contributed by atoms with Crippen LogP contribution in [0.15, 0.2) is 29.2 Å². The molecule has 0 radical (unpaired) electrons. The minimum atomic E-state index is 0.587. The number of benzene rings is 1. The smallest absolute Gasteiger partial charge is 0.00693 e. The van der Waals surface area contributed by atoms with Crippen LogP contribution in [0.1, 0.15) is 19.4 Å². The molecular weight excluding hydrogens is 240 g/mol. The second kappa shape index (κ2) is 8.57. The summed E-state index contributed by atoms with van der Waals surface area (Å²) in [5, 5.41) is 3.51. The summed E-state index contributed by atoms with van der Waals surface area (Å²) in [6, 6.07) is 8.82. The van der Waals surface area contributed by atoms with Crippen LogP contribution in [0.3, 0.4) is 0 Å². The fraction of sp³-hybridized carbons (Fsp3) is 0.600. The minimum Gasteiger partial charge on any atom is -0.330 e. The normalized spacial score (nSPS) is 12.9. The molecule has 0 amide bonds. The maximum absolute atomic E-state index is 5.76. The number of hydrogen-bond acceptors (Lipinski definition) is 3. The topological polar surface area (TPSA) is 38.0 Å². The maximum atomic E-state index is 5.76. The lowest BCUT2D eigenvalue weighted by Gasteiger charge is -2.19. The van der Waals surface area contributed by atoms with Crippen molar-refractivity contribution in [3.05, 3.63) is 29.8 Å². The molecule has 0 bridgehead atoms. The van der Waals surface area contributed by atoms with Crippen LogP contribution in [0.25, 0.3) is 0 Å². The fourth-order valence-electron chi connectivity index (χ4n) is 1.90. The summed E-state index contributed by atoms with van der Waals surface area (Å²) in [6.45, 7) is 7.30. The van der Waals surface area contributed by atoms with Crippen molar-refractivity contribution in [2.24, 2.45) is 17.6 Å². The van der Waals surface area contributed by atoms with E-state index in [1.165, 1.54) is 10.5 Å². The zero-order chi connectivity index (χ0) is 13.4. The van der Waals surface area contributed by atoms with Crippen molar-refractivity contribution >= 4 is 11.8 Å². The molecule has 2 nitrogen and oxygen atoms in total. The molecule has 0 saturated carbocycles. The average Bonchev–Trinajstić information content (AvgIpc) is 2.39. The molecule has 102 valence electrons. The first-order chi connectivity index (χ1) is 8.67. The van der Waals surface area contributed by atoms with E-state index >= 15 is 0 Å². The van der Waals surface area contributed by atoms with E-state index in [0.29, 0.717) is 11.8 Å². The van der Waals surface area contributed by atoms with E-state index < -0.39 is 0 Å². The number of thioether (sulfide) groups is 1. The van der Waals surface area contributed by atoms with Crippen LogP contribution in [0, 0.1) is 11.8 Å². The quantitative estimate of drug-likeness (QED) is 0.561. The predicted molar refractivity (Wildman–Crippen MR) is 82.2 cm³/mol. The van der Waals surface area contributed by atoms with Gasteiger partial charge in [0.2, 0.25) is 0 Å². The van der Waals surface area contributed by atoms with Crippen molar-refractivity contribution in [1.82, 2.24) is 5.32 Å². The van der Waals surface area contributed by atoms with Crippen LogP contribution in [0.2, 0.25) is 0 Å². The van der Waals surface area contributed by atoms with E-state index in [4.69, 9.17) is 5.73 Å². The van der Waals surface area contributed by atoms with Gasteiger partial charge >= 0.3 is 0 Å². The number of nitrogens with two attached hydrogens (primary N) is 1. The molecule has 0 heterocycles. The fourth-order valence-corrected chi connectivity index (χ4v) is 2.31. The maximum Gasteiger partial charge on any atom is 0.00693 e. The van der Waals surface area contributed by atoms with Crippen molar-refractivity contribution in [3.8, 4) is 0 Å². The van der Waals surface area contributed by atoms with Gasteiger partial charge in [-0.2, -0.15) is 0 Å². The highest BCUT2D eigenvalue weighted by Gasteiger charge is 2.10. The third-order valence-corrected chi connectivity index (χ3v) is 4.15. The van der Waals surface area contributed by atoms with Crippen molar-refractivity contribution in [1.29, 1.82) is 0 Å². The van der Waals surface area contributed by atoms with Crippen molar-refractivity contribution in [3.63, 3.8) is 0 Å². The Balaban J connectivity index is 2.24. The molecule has 0 saturated heterocycles. The van der Waals surface area contributed by atoms with Gasteiger partial charge in [0.15, 0.2) is 0 Å². The molecule has 0 aliphatic rings. The van der Waals surface area contributed by atoms with E-state index in [2.05, 4.69) is 49.7 Å². The van der Waals surface area contributed by atoms with Gasteiger partial charge in [-0.25, -0.2) is 0 Å². The summed E-state index contributed by atoms with van der Waals surface area (Å²) in [5.41, 5.74) is 7.15. The summed E-state index contributed by atoms with van der Waals surface area (Å²) in [6.07, 6.45) is 3.19. The van der Waals surface area contributed by atoms with E-state index in [-0.39, 0.29) is 0 Å². The van der Waals surface area contributed by atoms with Gasteiger partial charge in [-0.3, -0.25) is 0 Å². The van der Waals surface area contributed by atoms with Crippen molar-refractivity contribution < 1.29 is 0 Å². The number of nitrogens with one attached hydrogen (secondary N) is 1. The second-order valence-electron chi connectivity index (χ2n) is 5.04. The standard InChI is InChI=1S/C15H26N2S/c1-12(2)14(10-16)11-17-9-8-13-4-6-15(18-3)7-5-13/h4-7,12,14,17H,8-11,16H2,1-3H3. The van der Waals surface area contributed by atoms with Crippen molar-refractivity contribution in [2.45, 2.75) is 25.2 Å². The van der Waals surface area contributed by atoms with Crippen LogP contribution < -0.4 is 11.1 Å². The summed E-state index contributed by atoms with van der Waals surface area (Å²) in [7, 11) is 0. The molecule has 1 atom stereocenters. The molecule has 18 heavy (non-hydrogen) atoms. The molecule has 0 aromatic heterocycles. The molecule has 0 aliphatic carbocycles. The molecule has 1 rings (SSSR count). The molecule has 1 aromatic rings. The Kier molecular flexibility index (Phi) is 7.40. The number of rotatable bonds is 8. The van der Waals surface area contributed by atoms with E-state index in [1.54, 1.807) is 11.8 Å². The average molecular weight is 266 g/mol. The summed E-state index contributed by atoms with van der Waals surface area (Å²) in [5.74, 6) is 1.24. The summed E-state index contributed by atoms with van der Waals surface area (Å²) >= 11 is 1.79. The minimum absolute atomic E-state index is 0.587. The van der Waals surface area contributed by atoms with Gasteiger partial charge in [-0.15, -0.1) is 11.8 Å². The number of hydrogen-bond donors (Lipinski definition) is 2. The lowest BCUT2D eigenvalue weighted by atomic mass is 9.96. The van der Waals surface area contributed by atoms with Crippen LogP contribution >= 0.6 is 11.8 Å². The zero-order valence-corrected chi connectivity index (χ0v) is 12.6. The Hall–Kier alpha value is -0.510. The van der Waals surface area contributed by atoms with Crippen molar-refractivity contribution in [2.75, 3.05) is 25.9 Å². The molecule has 0 spiro atoms.